The Balaban J connectivity index is 1.55. The zero-order valence-corrected chi connectivity index (χ0v) is 27.8. The first kappa shape index (κ1) is 31.8. The third kappa shape index (κ3) is 6.58. The second kappa shape index (κ2) is 14.0. The number of carbonyl (C=O) groups excluding carboxylic acids is 1. The second-order valence-corrected chi connectivity index (χ2v) is 12.1. The topological polar surface area (TPSA) is 88.4 Å². The maximum Gasteiger partial charge on any atom is 0.337 e. The van der Waals surface area contributed by atoms with Crippen molar-refractivity contribution in [3.05, 3.63) is 117 Å². The minimum absolute atomic E-state index is 0.212. The number of halogens is 3. The monoisotopic (exact) mass is 716 g/mol. The highest BCUT2D eigenvalue weighted by atomic mass is 79.9. The quantitative estimate of drug-likeness (QED) is 0.175. The van der Waals surface area contributed by atoms with Gasteiger partial charge >= 0.3 is 5.97 Å². The number of benzene rings is 3. The third-order valence-electron chi connectivity index (χ3n) is 6.66. The van der Waals surface area contributed by atoms with Crippen LogP contribution in [0.2, 0.25) is 10.0 Å². The molecule has 0 saturated carbocycles. The van der Waals surface area contributed by atoms with Crippen molar-refractivity contribution in [1.29, 1.82) is 0 Å². The average Bonchev–Trinajstić information content (AvgIpc) is 3.32. The van der Waals surface area contributed by atoms with Gasteiger partial charge in [-0.25, -0.2) is 9.79 Å². The van der Waals surface area contributed by atoms with Crippen LogP contribution in [-0.4, -0.2) is 30.9 Å². The molecule has 4 aromatic rings. The first-order valence-electron chi connectivity index (χ1n) is 13.6. The molecule has 0 bridgehead atoms. The molecule has 0 spiro atoms. The van der Waals surface area contributed by atoms with Crippen LogP contribution in [-0.2, 0) is 16.1 Å². The molecule has 0 fully saturated rings. The average molecular weight is 718 g/mol. The van der Waals surface area contributed by atoms with Gasteiger partial charge in [-0.05, 0) is 77.3 Å². The SMILES string of the molecule is CCOc1ccc([C@H]2C(C(=O)OC)=CN=c3s/c(=C\c4cc(Cl)c(OCc5ccccc5Cl)c(Br)c4)c(=O)n32)cc1OCC. The first-order chi connectivity index (χ1) is 21.2. The summed E-state index contributed by atoms with van der Waals surface area (Å²) in [4.78, 5) is 31.6. The normalized spacial score (nSPS) is 14.4. The van der Waals surface area contributed by atoms with Gasteiger partial charge in [0, 0.05) is 16.8 Å². The summed E-state index contributed by atoms with van der Waals surface area (Å²) in [6.07, 6.45) is 3.17. The summed E-state index contributed by atoms with van der Waals surface area (Å²) in [5.41, 5.74) is 2.02. The molecule has 1 atom stereocenters. The molecule has 2 heterocycles. The molecular formula is C32H27BrCl2N2O6S. The number of ether oxygens (including phenoxy) is 4. The smallest absolute Gasteiger partial charge is 0.337 e. The number of fused-ring (bicyclic) bond motifs is 1. The maximum atomic E-state index is 13.9. The number of hydrogen-bond donors (Lipinski definition) is 0. The Morgan fingerprint density at radius 3 is 2.48 bits per heavy atom. The molecule has 0 N–H and O–H groups in total. The summed E-state index contributed by atoms with van der Waals surface area (Å²) in [6, 6.07) is 15.5. The molecule has 0 aliphatic carbocycles. The summed E-state index contributed by atoms with van der Waals surface area (Å²) in [5, 5.41) is 0.953. The van der Waals surface area contributed by atoms with Crippen molar-refractivity contribution < 1.29 is 23.7 Å². The molecule has 8 nitrogen and oxygen atoms in total. The molecule has 44 heavy (non-hydrogen) atoms. The van der Waals surface area contributed by atoms with Crippen molar-refractivity contribution in [1.82, 2.24) is 4.57 Å². The Kier molecular flexibility index (Phi) is 10.2. The second-order valence-electron chi connectivity index (χ2n) is 9.44. The van der Waals surface area contributed by atoms with E-state index in [0.717, 1.165) is 5.56 Å². The number of esters is 1. The van der Waals surface area contributed by atoms with Crippen molar-refractivity contribution in [2.24, 2.45) is 4.99 Å². The van der Waals surface area contributed by atoms with Gasteiger partial charge in [-0.2, -0.15) is 0 Å². The van der Waals surface area contributed by atoms with E-state index in [0.29, 0.717) is 65.4 Å². The van der Waals surface area contributed by atoms with Crippen molar-refractivity contribution in [3.8, 4) is 17.2 Å². The van der Waals surface area contributed by atoms with E-state index in [-0.39, 0.29) is 17.7 Å². The van der Waals surface area contributed by atoms with Crippen LogP contribution in [0.4, 0.5) is 0 Å². The predicted molar refractivity (Wildman–Crippen MR) is 175 cm³/mol. The van der Waals surface area contributed by atoms with E-state index in [1.807, 2.05) is 38.1 Å². The minimum atomic E-state index is -0.799. The molecule has 0 unspecified atom stereocenters. The Bertz CT molecular complexity index is 1910. The number of hydrogen-bond acceptors (Lipinski definition) is 8. The fraction of sp³-hybridized carbons (Fsp3) is 0.219. The number of methoxy groups -OCH3 is 1. The summed E-state index contributed by atoms with van der Waals surface area (Å²) < 4.78 is 25.0. The zero-order chi connectivity index (χ0) is 31.4. The van der Waals surface area contributed by atoms with Gasteiger partial charge in [0.15, 0.2) is 22.0 Å². The van der Waals surface area contributed by atoms with E-state index in [1.165, 1.54) is 29.2 Å². The Hall–Kier alpha value is -3.57. The summed E-state index contributed by atoms with van der Waals surface area (Å²) in [7, 11) is 1.29. The van der Waals surface area contributed by atoms with Crippen LogP contribution in [0.5, 0.6) is 17.2 Å². The van der Waals surface area contributed by atoms with Gasteiger partial charge in [0.1, 0.15) is 6.61 Å². The minimum Gasteiger partial charge on any atom is -0.490 e. The Morgan fingerprint density at radius 1 is 1.02 bits per heavy atom. The lowest BCUT2D eigenvalue weighted by molar-refractivity contribution is -0.136. The molecule has 1 aliphatic rings. The lowest BCUT2D eigenvalue weighted by Gasteiger charge is -2.23. The fourth-order valence-electron chi connectivity index (χ4n) is 4.70. The zero-order valence-electron chi connectivity index (χ0n) is 23.9. The molecule has 0 amide bonds. The van der Waals surface area contributed by atoms with Gasteiger partial charge in [-0.3, -0.25) is 9.36 Å². The largest absolute Gasteiger partial charge is 0.490 e. The van der Waals surface area contributed by atoms with Gasteiger partial charge in [-0.15, -0.1) is 0 Å². The van der Waals surface area contributed by atoms with Crippen LogP contribution in [0.3, 0.4) is 0 Å². The van der Waals surface area contributed by atoms with Crippen molar-refractivity contribution >= 4 is 62.5 Å². The van der Waals surface area contributed by atoms with Crippen LogP contribution in [0.1, 0.15) is 36.6 Å². The van der Waals surface area contributed by atoms with E-state index in [9.17, 15) is 9.59 Å². The number of rotatable bonds is 10. The van der Waals surface area contributed by atoms with Gasteiger partial charge in [-0.1, -0.05) is 58.8 Å². The Morgan fingerprint density at radius 2 is 1.77 bits per heavy atom. The van der Waals surface area contributed by atoms with Gasteiger partial charge < -0.3 is 18.9 Å². The van der Waals surface area contributed by atoms with Gasteiger partial charge in [0.2, 0.25) is 0 Å². The van der Waals surface area contributed by atoms with Crippen LogP contribution in [0.15, 0.2) is 80.6 Å². The molecule has 3 aromatic carbocycles. The number of nitrogens with zero attached hydrogens (tertiary/aromatic N) is 2. The van der Waals surface area contributed by atoms with Crippen LogP contribution >= 0.6 is 50.5 Å². The highest BCUT2D eigenvalue weighted by molar-refractivity contribution is 9.10. The van der Waals surface area contributed by atoms with Gasteiger partial charge in [0.25, 0.3) is 5.56 Å². The highest BCUT2D eigenvalue weighted by Gasteiger charge is 2.31. The Labute approximate surface area is 275 Å². The number of carbonyl (C=O) groups is 1. The standard InChI is InChI=1S/C32H27BrCl2N2O6S/c1-4-41-25-11-10-19(15-26(25)42-5-2)28-21(31(39)40-3)16-36-32-37(28)30(38)27(44-32)14-18-12-22(33)29(24(35)13-18)43-17-20-8-6-7-9-23(20)34/h6-16,28H,4-5,17H2,1-3H3/b27-14-/t28-/m0/s1. The third-order valence-corrected chi connectivity index (χ3v) is 8.89. The fourth-order valence-corrected chi connectivity index (χ4v) is 6.85. The van der Waals surface area contributed by atoms with Crippen molar-refractivity contribution in [2.75, 3.05) is 20.3 Å². The van der Waals surface area contributed by atoms with Crippen LogP contribution < -0.4 is 29.1 Å². The van der Waals surface area contributed by atoms with Crippen molar-refractivity contribution in [2.45, 2.75) is 26.5 Å². The molecule has 0 radical (unpaired) electrons. The van der Waals surface area contributed by atoms with E-state index in [4.69, 9.17) is 42.1 Å². The summed E-state index contributed by atoms with van der Waals surface area (Å²) in [5.74, 6) is 0.930. The lowest BCUT2D eigenvalue weighted by atomic mass is 9.97. The maximum absolute atomic E-state index is 13.9. The molecule has 1 aliphatic heterocycles. The first-order valence-corrected chi connectivity index (χ1v) is 16.0. The number of aromatic nitrogens is 1. The number of thiazole rings is 1. The molecule has 228 valence electrons. The van der Waals surface area contributed by atoms with E-state index in [1.54, 1.807) is 36.4 Å². The van der Waals surface area contributed by atoms with Gasteiger partial charge in [0.05, 0.1) is 46.0 Å². The lowest BCUT2D eigenvalue weighted by Crippen LogP contribution is -2.39. The van der Waals surface area contributed by atoms with E-state index < -0.39 is 12.0 Å². The predicted octanol–water partition coefficient (Wildman–Crippen LogP) is 6.46. The van der Waals surface area contributed by atoms with Crippen molar-refractivity contribution in [3.63, 3.8) is 0 Å². The van der Waals surface area contributed by atoms with Crippen LogP contribution in [0.25, 0.3) is 6.08 Å². The summed E-state index contributed by atoms with van der Waals surface area (Å²) in [6.45, 7) is 4.85. The molecular weight excluding hydrogens is 691 g/mol. The van der Waals surface area contributed by atoms with E-state index >= 15 is 0 Å². The van der Waals surface area contributed by atoms with Crippen LogP contribution in [0, 0.1) is 0 Å². The molecule has 12 heteroatoms. The van der Waals surface area contributed by atoms with E-state index in [2.05, 4.69) is 20.9 Å². The summed E-state index contributed by atoms with van der Waals surface area (Å²) >= 11 is 17.6. The molecule has 5 rings (SSSR count). The molecule has 1 aromatic heterocycles. The molecule has 0 saturated heterocycles. The highest BCUT2D eigenvalue weighted by Crippen LogP contribution is 2.37.